The zero-order valence-corrected chi connectivity index (χ0v) is 11.2. The summed E-state index contributed by atoms with van der Waals surface area (Å²) < 4.78 is 11.2. The number of nitriles is 2. The Morgan fingerprint density at radius 2 is 2.05 bits per heavy atom. The predicted octanol–water partition coefficient (Wildman–Crippen LogP) is 2.84. The van der Waals surface area contributed by atoms with Gasteiger partial charge in [0.1, 0.15) is 23.3 Å². The lowest BCUT2D eigenvalue weighted by Gasteiger charge is -2.17. The fraction of sp³-hybridized carbons (Fsp3) is 0.333. The van der Waals surface area contributed by atoms with Crippen LogP contribution in [-0.2, 0) is 6.42 Å². The number of hydrogen-bond donors (Lipinski definition) is 0. The lowest BCUT2D eigenvalue weighted by atomic mass is 9.96. The fourth-order valence-corrected chi connectivity index (χ4v) is 2.19. The van der Waals surface area contributed by atoms with E-state index in [1.807, 2.05) is 32.1 Å². The van der Waals surface area contributed by atoms with Crippen LogP contribution < -0.4 is 9.47 Å². The molecule has 0 saturated heterocycles. The van der Waals surface area contributed by atoms with Crippen LogP contribution >= 0.6 is 0 Å². The zero-order valence-electron chi connectivity index (χ0n) is 11.2. The molecule has 1 aromatic carbocycles. The van der Waals surface area contributed by atoms with Crippen LogP contribution in [0.5, 0.6) is 11.5 Å². The van der Waals surface area contributed by atoms with Crippen molar-refractivity contribution in [3.63, 3.8) is 0 Å². The van der Waals surface area contributed by atoms with Crippen LogP contribution in [0.2, 0.25) is 0 Å². The SMILES string of the molecule is COc1ccc(C=C(C#N)C#N)c2c1OC(C)(C)C2. The molecule has 0 atom stereocenters. The molecule has 4 nitrogen and oxygen atoms in total. The van der Waals surface area contributed by atoms with Crippen LogP contribution in [0, 0.1) is 22.7 Å². The third-order valence-electron chi connectivity index (χ3n) is 3.00. The minimum absolute atomic E-state index is 0.0806. The Bertz CT molecular complexity index is 615. The smallest absolute Gasteiger partial charge is 0.165 e. The summed E-state index contributed by atoms with van der Waals surface area (Å²) in [5, 5.41) is 17.7. The number of benzene rings is 1. The number of hydrogen-bond acceptors (Lipinski definition) is 4. The van der Waals surface area contributed by atoms with E-state index in [-0.39, 0.29) is 11.2 Å². The van der Waals surface area contributed by atoms with Gasteiger partial charge in [-0.15, -0.1) is 0 Å². The number of allylic oxidation sites excluding steroid dienone is 1. The Morgan fingerprint density at radius 1 is 1.37 bits per heavy atom. The van der Waals surface area contributed by atoms with Crippen molar-refractivity contribution in [2.24, 2.45) is 0 Å². The molecule has 19 heavy (non-hydrogen) atoms. The largest absolute Gasteiger partial charge is 0.493 e. The van der Waals surface area contributed by atoms with Crippen LogP contribution in [0.25, 0.3) is 6.08 Å². The Morgan fingerprint density at radius 3 is 2.63 bits per heavy atom. The Balaban J connectivity index is 2.57. The first-order valence-corrected chi connectivity index (χ1v) is 5.91. The van der Waals surface area contributed by atoms with Crippen molar-refractivity contribution in [2.75, 3.05) is 7.11 Å². The van der Waals surface area contributed by atoms with Crippen LogP contribution in [0.3, 0.4) is 0 Å². The normalized spacial score (nSPS) is 14.6. The molecule has 1 aliphatic rings. The van der Waals surface area contributed by atoms with Gasteiger partial charge in [0, 0.05) is 12.0 Å². The molecule has 4 heteroatoms. The highest BCUT2D eigenvalue weighted by atomic mass is 16.5. The van der Waals surface area contributed by atoms with Gasteiger partial charge in [-0.05, 0) is 31.6 Å². The molecule has 0 saturated carbocycles. The van der Waals surface area contributed by atoms with Crippen LogP contribution in [0.15, 0.2) is 17.7 Å². The molecule has 0 N–H and O–H groups in total. The Kier molecular flexibility index (Phi) is 3.19. The van der Waals surface area contributed by atoms with Gasteiger partial charge in [-0.1, -0.05) is 6.07 Å². The molecule has 1 aliphatic heterocycles. The lowest BCUT2D eigenvalue weighted by Crippen LogP contribution is -2.24. The molecule has 0 aliphatic carbocycles. The summed E-state index contributed by atoms with van der Waals surface area (Å²) in [5.74, 6) is 1.38. The van der Waals surface area contributed by atoms with E-state index in [0.29, 0.717) is 11.5 Å². The molecule has 0 amide bonds. The molecule has 0 fully saturated rings. The number of ether oxygens (including phenoxy) is 2. The molecule has 1 heterocycles. The van der Waals surface area contributed by atoms with E-state index < -0.39 is 0 Å². The summed E-state index contributed by atoms with van der Waals surface area (Å²) in [6.45, 7) is 3.99. The first kappa shape index (κ1) is 13.0. The monoisotopic (exact) mass is 254 g/mol. The van der Waals surface area contributed by atoms with Crippen molar-refractivity contribution in [2.45, 2.75) is 25.9 Å². The number of rotatable bonds is 2. The van der Waals surface area contributed by atoms with Crippen LogP contribution in [0.4, 0.5) is 0 Å². The Hall–Kier alpha value is -2.46. The van der Waals surface area contributed by atoms with Crippen molar-refractivity contribution in [1.82, 2.24) is 0 Å². The molecular weight excluding hydrogens is 240 g/mol. The van der Waals surface area contributed by atoms with E-state index in [0.717, 1.165) is 17.5 Å². The topological polar surface area (TPSA) is 66.0 Å². The van der Waals surface area contributed by atoms with Gasteiger partial charge in [-0.25, -0.2) is 0 Å². The van der Waals surface area contributed by atoms with Gasteiger partial charge in [0.15, 0.2) is 11.5 Å². The minimum Gasteiger partial charge on any atom is -0.493 e. The van der Waals surface area contributed by atoms with Gasteiger partial charge in [0.2, 0.25) is 0 Å². The number of fused-ring (bicyclic) bond motifs is 1. The standard InChI is InChI=1S/C15H14N2O2/c1-15(2)7-12-11(6-10(8-16)9-17)4-5-13(18-3)14(12)19-15/h4-6H,7H2,1-3H3. The zero-order chi connectivity index (χ0) is 14.0. The highest BCUT2D eigenvalue weighted by Crippen LogP contribution is 2.44. The molecule has 0 aromatic heterocycles. The fourth-order valence-electron chi connectivity index (χ4n) is 2.19. The maximum atomic E-state index is 8.84. The summed E-state index contributed by atoms with van der Waals surface area (Å²) in [6.07, 6.45) is 2.30. The second-order valence-electron chi connectivity index (χ2n) is 4.98. The summed E-state index contributed by atoms with van der Waals surface area (Å²) in [5.41, 5.74) is 1.59. The van der Waals surface area contributed by atoms with Gasteiger partial charge in [0.05, 0.1) is 7.11 Å². The number of methoxy groups -OCH3 is 1. The van der Waals surface area contributed by atoms with Crippen molar-refractivity contribution in [3.8, 4) is 23.6 Å². The number of nitrogens with zero attached hydrogens (tertiary/aromatic N) is 2. The molecule has 0 spiro atoms. The third-order valence-corrected chi connectivity index (χ3v) is 3.00. The van der Waals surface area contributed by atoms with Crippen LogP contribution in [-0.4, -0.2) is 12.7 Å². The molecule has 2 rings (SSSR count). The van der Waals surface area contributed by atoms with E-state index in [4.69, 9.17) is 20.0 Å². The van der Waals surface area contributed by atoms with E-state index in [1.165, 1.54) is 0 Å². The first-order valence-electron chi connectivity index (χ1n) is 5.91. The van der Waals surface area contributed by atoms with E-state index in [2.05, 4.69) is 0 Å². The highest BCUT2D eigenvalue weighted by Gasteiger charge is 2.34. The van der Waals surface area contributed by atoms with Crippen molar-refractivity contribution in [1.29, 1.82) is 10.5 Å². The lowest BCUT2D eigenvalue weighted by molar-refractivity contribution is 0.134. The second-order valence-corrected chi connectivity index (χ2v) is 4.98. The van der Waals surface area contributed by atoms with Gasteiger partial charge in [-0.3, -0.25) is 0 Å². The summed E-state index contributed by atoms with van der Waals surface area (Å²) in [4.78, 5) is 0. The second kappa shape index (κ2) is 4.66. The van der Waals surface area contributed by atoms with Gasteiger partial charge in [-0.2, -0.15) is 10.5 Å². The minimum atomic E-state index is -0.307. The molecule has 96 valence electrons. The van der Waals surface area contributed by atoms with Crippen LogP contribution in [0.1, 0.15) is 25.0 Å². The maximum absolute atomic E-state index is 8.84. The van der Waals surface area contributed by atoms with Gasteiger partial charge < -0.3 is 9.47 Å². The average molecular weight is 254 g/mol. The molecule has 0 unspecified atom stereocenters. The third kappa shape index (κ3) is 2.39. The summed E-state index contributed by atoms with van der Waals surface area (Å²) >= 11 is 0. The quantitative estimate of drug-likeness (QED) is 0.761. The van der Waals surface area contributed by atoms with Gasteiger partial charge >= 0.3 is 0 Å². The molecule has 1 aromatic rings. The molecule has 0 bridgehead atoms. The Labute approximate surface area is 112 Å². The van der Waals surface area contributed by atoms with Crippen molar-refractivity contribution in [3.05, 3.63) is 28.8 Å². The molecule has 0 radical (unpaired) electrons. The van der Waals surface area contributed by atoms with E-state index in [9.17, 15) is 0 Å². The summed E-state index contributed by atoms with van der Waals surface area (Å²) in [6, 6.07) is 7.37. The maximum Gasteiger partial charge on any atom is 0.165 e. The highest BCUT2D eigenvalue weighted by molar-refractivity contribution is 5.69. The predicted molar refractivity (Wildman–Crippen MR) is 70.6 cm³/mol. The summed E-state index contributed by atoms with van der Waals surface area (Å²) in [7, 11) is 1.59. The van der Waals surface area contributed by atoms with E-state index >= 15 is 0 Å². The van der Waals surface area contributed by atoms with E-state index in [1.54, 1.807) is 19.3 Å². The van der Waals surface area contributed by atoms with Crippen molar-refractivity contribution < 1.29 is 9.47 Å². The average Bonchev–Trinajstić information content (AvgIpc) is 2.71. The first-order chi connectivity index (χ1) is 9.00. The van der Waals surface area contributed by atoms with Crippen molar-refractivity contribution >= 4 is 6.08 Å². The van der Waals surface area contributed by atoms with Gasteiger partial charge in [0.25, 0.3) is 0 Å². The molecular formula is C15H14N2O2.